The number of aryl methyl sites for hydroxylation is 2. The fraction of sp³-hybridized carbons (Fsp3) is 0.382. The Balaban J connectivity index is 1.28. The highest BCUT2D eigenvalue weighted by atomic mass is 19.4. The number of aromatic nitrogens is 1. The van der Waals surface area contributed by atoms with E-state index in [2.05, 4.69) is 39.3 Å². The summed E-state index contributed by atoms with van der Waals surface area (Å²) in [5.74, 6) is 6.17. The van der Waals surface area contributed by atoms with E-state index in [0.717, 1.165) is 49.7 Å². The monoisotopic (exact) mass is 603 g/mol. The van der Waals surface area contributed by atoms with E-state index in [4.69, 9.17) is 0 Å². The second-order valence-corrected chi connectivity index (χ2v) is 11.5. The van der Waals surface area contributed by atoms with Gasteiger partial charge in [-0.3, -0.25) is 14.5 Å². The van der Waals surface area contributed by atoms with Crippen molar-refractivity contribution in [3.05, 3.63) is 87.6 Å². The molecule has 0 bridgehead atoms. The number of halogens is 3. The standard InChI is InChI=1S/C34H36F3N5O2/c1-4-41-13-15-42(16-14-41)21-28-11-12-29(19-30(28)34(35,36)37)39-33(44)27-7-5-22(2)26(18-27)8-6-24-17-23(3)31(38-20-24)40-32(43)25-9-10-25/h5,7,11-12,17-20,25H,4,9-10,13-16,21H2,1-3H3,(H,39,44)(H,38,40,43). The fourth-order valence-corrected chi connectivity index (χ4v) is 5.14. The molecule has 3 aromatic rings. The lowest BCUT2D eigenvalue weighted by Gasteiger charge is -2.34. The minimum absolute atomic E-state index is 0.0169. The Labute approximate surface area is 255 Å². The van der Waals surface area contributed by atoms with Gasteiger partial charge in [0.2, 0.25) is 5.91 Å². The van der Waals surface area contributed by atoms with Crippen molar-refractivity contribution < 1.29 is 22.8 Å². The number of amides is 2. The Kier molecular flexibility index (Phi) is 9.37. The molecule has 2 N–H and O–H groups in total. The molecule has 10 heteroatoms. The number of likely N-dealkylation sites (N-methyl/N-ethyl adjacent to an activating group) is 1. The quantitative estimate of drug-likeness (QED) is 0.331. The number of anilines is 2. The molecule has 2 fully saturated rings. The summed E-state index contributed by atoms with van der Waals surface area (Å²) in [7, 11) is 0. The van der Waals surface area contributed by atoms with Gasteiger partial charge in [-0.1, -0.05) is 30.9 Å². The van der Waals surface area contributed by atoms with Crippen LogP contribution in [0.15, 0.2) is 48.7 Å². The molecule has 0 radical (unpaired) electrons. The minimum Gasteiger partial charge on any atom is -0.322 e. The zero-order chi connectivity index (χ0) is 31.4. The lowest BCUT2D eigenvalue weighted by atomic mass is 10.0. The maximum Gasteiger partial charge on any atom is 0.416 e. The summed E-state index contributed by atoms with van der Waals surface area (Å²) in [5.41, 5.74) is 2.69. The molecule has 1 aromatic heterocycles. The van der Waals surface area contributed by atoms with Gasteiger partial charge in [-0.15, -0.1) is 0 Å². The maximum absolute atomic E-state index is 14.0. The Morgan fingerprint density at radius 2 is 1.66 bits per heavy atom. The summed E-state index contributed by atoms with van der Waals surface area (Å²) < 4.78 is 42.1. The number of hydrogen-bond acceptors (Lipinski definition) is 5. The largest absolute Gasteiger partial charge is 0.416 e. The van der Waals surface area contributed by atoms with Gasteiger partial charge >= 0.3 is 6.18 Å². The summed E-state index contributed by atoms with van der Waals surface area (Å²) in [5, 5.41) is 5.47. The van der Waals surface area contributed by atoms with E-state index in [1.807, 2.05) is 24.8 Å². The van der Waals surface area contributed by atoms with Crippen LogP contribution >= 0.6 is 0 Å². The average Bonchev–Trinajstić information content (AvgIpc) is 3.84. The van der Waals surface area contributed by atoms with Gasteiger partial charge in [0.1, 0.15) is 5.82 Å². The predicted octanol–water partition coefficient (Wildman–Crippen LogP) is 5.86. The van der Waals surface area contributed by atoms with E-state index in [0.29, 0.717) is 30.0 Å². The summed E-state index contributed by atoms with van der Waals surface area (Å²) in [6, 6.07) is 10.8. The fourth-order valence-electron chi connectivity index (χ4n) is 5.14. The van der Waals surface area contributed by atoms with Gasteiger partial charge in [0.25, 0.3) is 5.91 Å². The Bertz CT molecular complexity index is 1610. The summed E-state index contributed by atoms with van der Waals surface area (Å²) in [6.07, 6.45) is -1.16. The molecule has 2 aromatic carbocycles. The van der Waals surface area contributed by atoms with Crippen LogP contribution in [0.25, 0.3) is 0 Å². The zero-order valence-corrected chi connectivity index (χ0v) is 25.1. The van der Waals surface area contributed by atoms with E-state index in [1.165, 1.54) is 12.1 Å². The summed E-state index contributed by atoms with van der Waals surface area (Å²) in [6.45, 7) is 10.0. The smallest absolute Gasteiger partial charge is 0.322 e. The van der Waals surface area contributed by atoms with Crippen molar-refractivity contribution in [3.8, 4) is 11.8 Å². The van der Waals surface area contributed by atoms with Crippen LogP contribution in [0.2, 0.25) is 0 Å². The van der Waals surface area contributed by atoms with Crippen LogP contribution in [0.5, 0.6) is 0 Å². The zero-order valence-electron chi connectivity index (χ0n) is 25.1. The SMILES string of the molecule is CCN1CCN(Cc2ccc(NC(=O)c3ccc(C)c(C#Cc4cnc(NC(=O)C5CC5)c(C)c4)c3)cc2C(F)(F)F)CC1. The molecule has 44 heavy (non-hydrogen) atoms. The number of carbonyl (C=O) groups is 2. The van der Waals surface area contributed by atoms with E-state index >= 15 is 0 Å². The molecule has 0 unspecified atom stereocenters. The molecule has 2 aliphatic rings. The topological polar surface area (TPSA) is 77.6 Å². The van der Waals surface area contributed by atoms with Crippen molar-refractivity contribution in [3.63, 3.8) is 0 Å². The molecular formula is C34H36F3N5O2. The first-order valence-electron chi connectivity index (χ1n) is 14.9. The Morgan fingerprint density at radius 3 is 2.32 bits per heavy atom. The van der Waals surface area contributed by atoms with E-state index in [1.54, 1.807) is 24.4 Å². The molecule has 2 amide bonds. The van der Waals surface area contributed by atoms with Crippen molar-refractivity contribution >= 4 is 23.3 Å². The number of hydrogen-bond donors (Lipinski definition) is 2. The molecule has 1 saturated heterocycles. The minimum atomic E-state index is -4.55. The van der Waals surface area contributed by atoms with Crippen LogP contribution in [0.1, 0.15) is 63.5 Å². The highest BCUT2D eigenvalue weighted by Crippen LogP contribution is 2.35. The molecule has 1 aliphatic carbocycles. The van der Waals surface area contributed by atoms with Crippen LogP contribution < -0.4 is 10.6 Å². The van der Waals surface area contributed by atoms with Crippen molar-refractivity contribution in [2.75, 3.05) is 43.4 Å². The van der Waals surface area contributed by atoms with Gasteiger partial charge in [0.05, 0.1) is 5.56 Å². The summed E-state index contributed by atoms with van der Waals surface area (Å²) in [4.78, 5) is 33.8. The molecule has 1 saturated carbocycles. The van der Waals surface area contributed by atoms with Crippen molar-refractivity contribution in [2.24, 2.45) is 5.92 Å². The number of nitrogens with one attached hydrogen (secondary N) is 2. The van der Waals surface area contributed by atoms with E-state index in [9.17, 15) is 22.8 Å². The predicted molar refractivity (Wildman–Crippen MR) is 164 cm³/mol. The molecular weight excluding hydrogens is 567 g/mol. The van der Waals surface area contributed by atoms with E-state index in [-0.39, 0.29) is 35.2 Å². The summed E-state index contributed by atoms with van der Waals surface area (Å²) >= 11 is 0. The van der Waals surface area contributed by atoms with Crippen LogP contribution in [0, 0.1) is 31.6 Å². The molecule has 5 rings (SSSR count). The normalized spacial score (nSPS) is 15.8. The second-order valence-electron chi connectivity index (χ2n) is 11.5. The lowest BCUT2D eigenvalue weighted by Crippen LogP contribution is -2.45. The van der Waals surface area contributed by atoms with Gasteiger partial charge < -0.3 is 15.5 Å². The molecule has 2 heterocycles. The third-order valence-corrected chi connectivity index (χ3v) is 8.09. The van der Waals surface area contributed by atoms with Crippen LogP contribution in [0.3, 0.4) is 0 Å². The Morgan fingerprint density at radius 1 is 0.932 bits per heavy atom. The van der Waals surface area contributed by atoms with Crippen molar-refractivity contribution in [2.45, 2.75) is 46.3 Å². The third kappa shape index (κ3) is 7.84. The third-order valence-electron chi connectivity index (χ3n) is 8.09. The number of pyridine rings is 1. The number of carbonyl (C=O) groups excluding carboxylic acids is 2. The molecule has 0 atom stereocenters. The van der Waals surface area contributed by atoms with Crippen molar-refractivity contribution in [1.29, 1.82) is 0 Å². The van der Waals surface area contributed by atoms with Crippen LogP contribution in [-0.2, 0) is 17.5 Å². The highest BCUT2D eigenvalue weighted by molar-refractivity contribution is 6.04. The first-order chi connectivity index (χ1) is 21.0. The Hall–Kier alpha value is -4.20. The van der Waals surface area contributed by atoms with Gasteiger partial charge in [-0.05, 0) is 80.3 Å². The molecule has 7 nitrogen and oxygen atoms in total. The number of rotatable bonds is 7. The van der Waals surface area contributed by atoms with Gasteiger partial charge in [-0.2, -0.15) is 13.2 Å². The number of piperazine rings is 1. The maximum atomic E-state index is 14.0. The van der Waals surface area contributed by atoms with Gasteiger partial charge in [-0.25, -0.2) is 4.98 Å². The molecule has 230 valence electrons. The first kappa shape index (κ1) is 31.2. The molecule has 1 aliphatic heterocycles. The second kappa shape index (κ2) is 13.2. The van der Waals surface area contributed by atoms with Gasteiger partial charge in [0.15, 0.2) is 0 Å². The highest BCUT2D eigenvalue weighted by Gasteiger charge is 2.34. The first-order valence-corrected chi connectivity index (χ1v) is 14.9. The van der Waals surface area contributed by atoms with Crippen LogP contribution in [-0.4, -0.2) is 59.3 Å². The van der Waals surface area contributed by atoms with Crippen molar-refractivity contribution in [1.82, 2.24) is 14.8 Å². The van der Waals surface area contributed by atoms with E-state index < -0.39 is 17.6 Å². The average molecular weight is 604 g/mol. The number of alkyl halides is 3. The van der Waals surface area contributed by atoms with Crippen LogP contribution in [0.4, 0.5) is 24.7 Å². The lowest BCUT2D eigenvalue weighted by molar-refractivity contribution is -0.138. The number of nitrogens with zero attached hydrogens (tertiary/aromatic N) is 3. The van der Waals surface area contributed by atoms with Gasteiger partial charge in [0, 0.05) is 67.2 Å². The molecule has 0 spiro atoms. The number of benzene rings is 2.